The molecule has 1 aliphatic rings. The molecule has 1 atom stereocenters. The van der Waals surface area contributed by atoms with Crippen molar-refractivity contribution in [3.63, 3.8) is 0 Å². The number of rotatable bonds is 3. The fourth-order valence-corrected chi connectivity index (χ4v) is 2.49. The van der Waals surface area contributed by atoms with Crippen LogP contribution in [-0.2, 0) is 6.54 Å². The Morgan fingerprint density at radius 3 is 2.70 bits per heavy atom. The van der Waals surface area contributed by atoms with Gasteiger partial charge in [0.1, 0.15) is 0 Å². The minimum absolute atomic E-state index is 0.137. The maximum Gasteiger partial charge on any atom is 0.196 e. The number of hydrogen-bond acceptors (Lipinski definition) is 4. The first-order valence-electron chi connectivity index (χ1n) is 6.87. The Labute approximate surface area is 118 Å². The van der Waals surface area contributed by atoms with Crippen LogP contribution in [0.15, 0.2) is 41.7 Å². The average molecular weight is 269 g/mol. The molecule has 1 aromatic heterocycles. The summed E-state index contributed by atoms with van der Waals surface area (Å²) in [5.74, 6) is 0.572. The minimum atomic E-state index is 0.137. The molecule has 1 aliphatic heterocycles. The Hall–Kier alpha value is -2.30. The average Bonchev–Trinajstić information content (AvgIpc) is 3.06. The summed E-state index contributed by atoms with van der Waals surface area (Å²) in [5, 5.41) is 4.34. The topological polar surface area (TPSA) is 59.4 Å². The molecule has 0 saturated heterocycles. The van der Waals surface area contributed by atoms with E-state index in [-0.39, 0.29) is 6.04 Å². The minimum Gasteiger partial charge on any atom is -0.369 e. The summed E-state index contributed by atoms with van der Waals surface area (Å²) in [6.45, 7) is 5.70. The SMILES string of the molecule is CCn1cc(C2CN=C(N)N2c2ccc(C)cc2)cn1. The predicted octanol–water partition coefficient (Wildman–Crippen LogP) is 2.09. The Kier molecular flexibility index (Phi) is 3.18. The van der Waals surface area contributed by atoms with Crippen molar-refractivity contribution >= 4 is 11.6 Å². The van der Waals surface area contributed by atoms with E-state index in [1.54, 1.807) is 0 Å². The number of nitrogens with zero attached hydrogens (tertiary/aromatic N) is 4. The standard InChI is InChI=1S/C15H19N5/c1-3-19-10-12(8-18-19)14-9-17-15(16)20(14)13-6-4-11(2)5-7-13/h4-8,10,14H,3,9H2,1-2H3,(H2,16,17). The van der Waals surface area contributed by atoms with E-state index in [0.717, 1.165) is 17.8 Å². The third-order valence-electron chi connectivity index (χ3n) is 3.66. The molecule has 0 radical (unpaired) electrons. The van der Waals surface area contributed by atoms with Crippen LogP contribution in [0.25, 0.3) is 0 Å². The van der Waals surface area contributed by atoms with E-state index in [1.807, 2.05) is 10.9 Å². The number of nitrogens with two attached hydrogens (primary N) is 1. The molecule has 5 heteroatoms. The molecule has 1 aromatic carbocycles. The smallest absolute Gasteiger partial charge is 0.196 e. The van der Waals surface area contributed by atoms with Gasteiger partial charge in [0.15, 0.2) is 5.96 Å². The summed E-state index contributed by atoms with van der Waals surface area (Å²) in [6.07, 6.45) is 3.98. The summed E-state index contributed by atoms with van der Waals surface area (Å²) in [4.78, 5) is 6.47. The van der Waals surface area contributed by atoms with E-state index in [2.05, 4.69) is 59.3 Å². The molecule has 2 aromatic rings. The predicted molar refractivity (Wildman–Crippen MR) is 80.8 cm³/mol. The summed E-state index contributed by atoms with van der Waals surface area (Å²) < 4.78 is 1.93. The Morgan fingerprint density at radius 2 is 2.05 bits per heavy atom. The van der Waals surface area contributed by atoms with Gasteiger partial charge in [-0.3, -0.25) is 9.67 Å². The number of benzene rings is 1. The van der Waals surface area contributed by atoms with E-state index in [9.17, 15) is 0 Å². The number of aliphatic imine (C=N–C) groups is 1. The molecule has 3 rings (SSSR count). The van der Waals surface area contributed by atoms with Crippen LogP contribution in [0.2, 0.25) is 0 Å². The first-order chi connectivity index (χ1) is 9.69. The molecule has 0 aliphatic carbocycles. The molecule has 0 spiro atoms. The summed E-state index contributed by atoms with van der Waals surface area (Å²) in [6, 6.07) is 8.49. The molecule has 0 bridgehead atoms. The molecule has 1 unspecified atom stereocenters. The fourth-order valence-electron chi connectivity index (χ4n) is 2.49. The van der Waals surface area contributed by atoms with Crippen LogP contribution >= 0.6 is 0 Å². The van der Waals surface area contributed by atoms with Gasteiger partial charge in [-0.05, 0) is 26.0 Å². The Bertz CT molecular complexity index is 626. The van der Waals surface area contributed by atoms with Gasteiger partial charge in [-0.2, -0.15) is 5.10 Å². The van der Waals surface area contributed by atoms with Crippen molar-refractivity contribution in [3.8, 4) is 0 Å². The second kappa shape index (κ2) is 5.00. The molecule has 2 heterocycles. The quantitative estimate of drug-likeness (QED) is 0.928. The molecular formula is C15H19N5. The van der Waals surface area contributed by atoms with Crippen molar-refractivity contribution in [2.45, 2.75) is 26.4 Å². The lowest BCUT2D eigenvalue weighted by atomic mass is 10.1. The van der Waals surface area contributed by atoms with Crippen molar-refractivity contribution < 1.29 is 0 Å². The van der Waals surface area contributed by atoms with Crippen molar-refractivity contribution in [2.24, 2.45) is 10.7 Å². The van der Waals surface area contributed by atoms with Gasteiger partial charge in [-0.1, -0.05) is 17.7 Å². The van der Waals surface area contributed by atoms with Gasteiger partial charge in [0, 0.05) is 24.0 Å². The van der Waals surface area contributed by atoms with E-state index in [0.29, 0.717) is 12.5 Å². The van der Waals surface area contributed by atoms with Gasteiger partial charge in [0.2, 0.25) is 0 Å². The van der Waals surface area contributed by atoms with E-state index in [4.69, 9.17) is 5.73 Å². The van der Waals surface area contributed by atoms with E-state index >= 15 is 0 Å². The Balaban J connectivity index is 1.93. The Morgan fingerprint density at radius 1 is 1.30 bits per heavy atom. The summed E-state index contributed by atoms with van der Waals surface area (Å²) in [7, 11) is 0. The van der Waals surface area contributed by atoms with Crippen LogP contribution in [0.5, 0.6) is 0 Å². The van der Waals surface area contributed by atoms with Crippen LogP contribution in [0, 0.1) is 6.92 Å². The number of guanidine groups is 1. The van der Waals surface area contributed by atoms with Crippen LogP contribution in [0.4, 0.5) is 5.69 Å². The normalized spacial score (nSPS) is 18.4. The second-order valence-electron chi connectivity index (χ2n) is 5.05. The monoisotopic (exact) mass is 269 g/mol. The maximum atomic E-state index is 6.06. The zero-order valence-corrected chi connectivity index (χ0v) is 11.8. The second-order valence-corrected chi connectivity index (χ2v) is 5.05. The summed E-state index contributed by atoms with van der Waals surface area (Å²) >= 11 is 0. The molecule has 2 N–H and O–H groups in total. The highest BCUT2D eigenvalue weighted by Crippen LogP contribution is 2.30. The van der Waals surface area contributed by atoms with Crippen LogP contribution < -0.4 is 10.6 Å². The fraction of sp³-hybridized carbons (Fsp3) is 0.333. The van der Waals surface area contributed by atoms with Gasteiger partial charge in [-0.25, -0.2) is 0 Å². The zero-order valence-electron chi connectivity index (χ0n) is 11.8. The third-order valence-corrected chi connectivity index (χ3v) is 3.66. The lowest BCUT2D eigenvalue weighted by Gasteiger charge is -2.25. The highest BCUT2D eigenvalue weighted by atomic mass is 15.3. The molecule has 5 nitrogen and oxygen atoms in total. The van der Waals surface area contributed by atoms with Crippen LogP contribution in [-0.4, -0.2) is 22.3 Å². The van der Waals surface area contributed by atoms with Gasteiger partial charge in [-0.15, -0.1) is 0 Å². The first kappa shape index (κ1) is 12.7. The maximum absolute atomic E-state index is 6.06. The number of anilines is 1. The van der Waals surface area contributed by atoms with Gasteiger partial charge < -0.3 is 10.6 Å². The lowest BCUT2D eigenvalue weighted by molar-refractivity contribution is 0.657. The lowest BCUT2D eigenvalue weighted by Crippen LogP contribution is -2.36. The van der Waals surface area contributed by atoms with Gasteiger partial charge >= 0.3 is 0 Å². The molecule has 0 amide bonds. The van der Waals surface area contributed by atoms with Crippen molar-refractivity contribution in [1.29, 1.82) is 0 Å². The van der Waals surface area contributed by atoms with Crippen molar-refractivity contribution in [1.82, 2.24) is 9.78 Å². The van der Waals surface area contributed by atoms with Crippen LogP contribution in [0.3, 0.4) is 0 Å². The van der Waals surface area contributed by atoms with Crippen molar-refractivity contribution in [3.05, 3.63) is 47.8 Å². The largest absolute Gasteiger partial charge is 0.369 e. The highest BCUT2D eigenvalue weighted by molar-refractivity contribution is 5.97. The molecule has 0 saturated carbocycles. The number of hydrogen-bond donors (Lipinski definition) is 1. The van der Waals surface area contributed by atoms with Crippen LogP contribution in [0.1, 0.15) is 24.1 Å². The van der Waals surface area contributed by atoms with Gasteiger partial charge in [0.05, 0.1) is 18.8 Å². The van der Waals surface area contributed by atoms with E-state index < -0.39 is 0 Å². The number of aryl methyl sites for hydroxylation is 2. The first-order valence-corrected chi connectivity index (χ1v) is 6.87. The van der Waals surface area contributed by atoms with Gasteiger partial charge in [0.25, 0.3) is 0 Å². The highest BCUT2D eigenvalue weighted by Gasteiger charge is 2.29. The zero-order chi connectivity index (χ0) is 14.1. The van der Waals surface area contributed by atoms with Crippen molar-refractivity contribution in [2.75, 3.05) is 11.4 Å². The molecule has 104 valence electrons. The summed E-state index contributed by atoms with van der Waals surface area (Å²) in [5.41, 5.74) is 9.52. The molecule has 20 heavy (non-hydrogen) atoms. The van der Waals surface area contributed by atoms with E-state index in [1.165, 1.54) is 5.56 Å². The third kappa shape index (κ3) is 2.15. The number of aromatic nitrogens is 2. The molecular weight excluding hydrogens is 250 g/mol. The molecule has 0 fully saturated rings.